The summed E-state index contributed by atoms with van der Waals surface area (Å²) in [5.74, 6) is -3.87. The van der Waals surface area contributed by atoms with Crippen molar-refractivity contribution in [3.63, 3.8) is 0 Å². The van der Waals surface area contributed by atoms with Crippen molar-refractivity contribution >= 4 is 17.9 Å². The highest BCUT2D eigenvalue weighted by Crippen LogP contribution is 1.92. The van der Waals surface area contributed by atoms with Gasteiger partial charge in [0.15, 0.2) is 12.2 Å². The molecule has 0 saturated carbocycles. The Bertz CT molecular complexity index is 253. The second-order valence-electron chi connectivity index (χ2n) is 2.34. The number of carbonyl (C=O) groups is 3. The molecule has 0 spiro atoms. The van der Waals surface area contributed by atoms with Crippen molar-refractivity contribution in [2.24, 2.45) is 0 Å². The summed E-state index contributed by atoms with van der Waals surface area (Å²) in [6, 6.07) is 0. The first-order chi connectivity index (χ1) is 7.23. The number of esters is 1. The third-order valence-electron chi connectivity index (χ3n) is 1.05. The third kappa shape index (κ3) is 8.66. The molecule has 0 heterocycles. The fraction of sp³-hybridized carbons (Fsp3) is 0.375. The van der Waals surface area contributed by atoms with Gasteiger partial charge in [-0.1, -0.05) is 6.58 Å². The van der Waals surface area contributed by atoms with E-state index >= 15 is 0 Å². The first-order valence-corrected chi connectivity index (χ1v) is 3.83. The standard InChI is InChI=1S/C4H6O6.C4H6O2/c5-1(3(7)8)2(6)4(9)10;1-3-6-4(2)5/h1-2,5-6H,(H,7,8)(H,9,10);3H,1H2,2H3. The lowest BCUT2D eigenvalue weighted by Crippen LogP contribution is -2.39. The van der Waals surface area contributed by atoms with Crippen LogP contribution in [0.2, 0.25) is 0 Å². The van der Waals surface area contributed by atoms with Gasteiger partial charge in [-0.25, -0.2) is 9.59 Å². The largest absolute Gasteiger partial charge is 0.479 e. The van der Waals surface area contributed by atoms with Gasteiger partial charge in [-0.05, 0) is 0 Å². The van der Waals surface area contributed by atoms with E-state index < -0.39 is 24.1 Å². The third-order valence-corrected chi connectivity index (χ3v) is 1.05. The fourth-order valence-corrected chi connectivity index (χ4v) is 0.387. The molecule has 0 bridgehead atoms. The van der Waals surface area contributed by atoms with E-state index in [1.54, 1.807) is 0 Å². The van der Waals surface area contributed by atoms with Crippen LogP contribution in [-0.2, 0) is 19.1 Å². The van der Waals surface area contributed by atoms with Crippen LogP contribution in [0.15, 0.2) is 12.8 Å². The molecule has 0 aliphatic heterocycles. The van der Waals surface area contributed by atoms with E-state index in [2.05, 4.69) is 11.3 Å². The topological polar surface area (TPSA) is 141 Å². The number of carboxylic acid groups (broad SMARTS) is 2. The van der Waals surface area contributed by atoms with Gasteiger partial charge in [0.05, 0.1) is 6.26 Å². The molecule has 92 valence electrons. The summed E-state index contributed by atoms with van der Waals surface area (Å²) < 4.78 is 4.17. The first kappa shape index (κ1) is 16.5. The second-order valence-corrected chi connectivity index (χ2v) is 2.34. The molecule has 8 heteroatoms. The van der Waals surface area contributed by atoms with Crippen LogP contribution < -0.4 is 0 Å². The maximum absolute atomic E-state index is 9.77. The molecule has 0 rings (SSSR count). The zero-order chi connectivity index (χ0) is 13.3. The van der Waals surface area contributed by atoms with Crippen LogP contribution in [0.4, 0.5) is 0 Å². The van der Waals surface area contributed by atoms with E-state index in [9.17, 15) is 14.4 Å². The molecule has 8 nitrogen and oxygen atoms in total. The summed E-state index contributed by atoms with van der Waals surface area (Å²) >= 11 is 0. The fourth-order valence-electron chi connectivity index (χ4n) is 0.387. The number of ether oxygens (including phenoxy) is 1. The molecule has 0 aliphatic carbocycles. The Hall–Kier alpha value is -1.93. The van der Waals surface area contributed by atoms with Crippen LogP contribution in [0, 0.1) is 0 Å². The van der Waals surface area contributed by atoms with Gasteiger partial charge in [-0.3, -0.25) is 4.79 Å². The number of carboxylic acids is 2. The van der Waals surface area contributed by atoms with E-state index in [0.29, 0.717) is 0 Å². The SMILES string of the molecule is C=COC(C)=O.O=C(O)C(O)C(O)C(=O)O. The van der Waals surface area contributed by atoms with E-state index in [0.717, 1.165) is 6.26 Å². The average molecular weight is 236 g/mol. The van der Waals surface area contributed by atoms with Crippen molar-refractivity contribution < 1.29 is 39.5 Å². The molecule has 2 unspecified atom stereocenters. The molecule has 0 fully saturated rings. The molecule has 0 aromatic heterocycles. The van der Waals surface area contributed by atoms with Crippen molar-refractivity contribution in [2.45, 2.75) is 19.1 Å². The molecule has 0 aromatic carbocycles. The molecule has 16 heavy (non-hydrogen) atoms. The minimum absolute atomic E-state index is 0.329. The van der Waals surface area contributed by atoms with Gasteiger partial charge in [-0.2, -0.15) is 0 Å². The molecule has 2 atom stereocenters. The van der Waals surface area contributed by atoms with Gasteiger partial charge in [0, 0.05) is 6.92 Å². The lowest BCUT2D eigenvalue weighted by molar-refractivity contribution is -0.165. The molecule has 0 radical (unpaired) electrons. The summed E-state index contributed by atoms with van der Waals surface area (Å²) in [5, 5.41) is 32.5. The highest BCUT2D eigenvalue weighted by molar-refractivity contribution is 5.83. The molecular weight excluding hydrogens is 224 g/mol. The summed E-state index contributed by atoms with van der Waals surface area (Å²) in [7, 11) is 0. The van der Waals surface area contributed by atoms with Gasteiger partial charge < -0.3 is 25.2 Å². The van der Waals surface area contributed by atoms with Crippen molar-refractivity contribution in [3.8, 4) is 0 Å². The highest BCUT2D eigenvalue weighted by Gasteiger charge is 2.29. The lowest BCUT2D eigenvalue weighted by Gasteiger charge is -2.07. The van der Waals surface area contributed by atoms with E-state index in [1.165, 1.54) is 6.92 Å². The Kier molecular flexibility index (Phi) is 8.65. The van der Waals surface area contributed by atoms with Crippen molar-refractivity contribution in [1.82, 2.24) is 0 Å². The quantitative estimate of drug-likeness (QED) is 0.344. The van der Waals surface area contributed by atoms with Crippen LogP contribution in [0.25, 0.3) is 0 Å². The van der Waals surface area contributed by atoms with Crippen molar-refractivity contribution in [3.05, 3.63) is 12.8 Å². The molecule has 0 aliphatic rings. The summed E-state index contributed by atoms with van der Waals surface area (Å²) in [6.07, 6.45) is -3.43. The molecular formula is C8H12O8. The maximum atomic E-state index is 9.77. The smallest absolute Gasteiger partial charge is 0.335 e. The van der Waals surface area contributed by atoms with Gasteiger partial charge in [0.2, 0.25) is 0 Å². The molecule has 4 N–H and O–H groups in total. The Morgan fingerprint density at radius 1 is 1.12 bits per heavy atom. The van der Waals surface area contributed by atoms with Crippen LogP contribution >= 0.6 is 0 Å². The Balaban J connectivity index is 0. The average Bonchev–Trinajstić information content (AvgIpc) is 2.15. The number of hydrogen-bond acceptors (Lipinski definition) is 6. The summed E-state index contributed by atoms with van der Waals surface area (Å²) in [5.41, 5.74) is 0. The summed E-state index contributed by atoms with van der Waals surface area (Å²) in [6.45, 7) is 4.48. The Labute approximate surface area is 90.4 Å². The Morgan fingerprint density at radius 2 is 1.44 bits per heavy atom. The number of aliphatic hydroxyl groups is 2. The van der Waals surface area contributed by atoms with Gasteiger partial charge >= 0.3 is 17.9 Å². The van der Waals surface area contributed by atoms with E-state index in [4.69, 9.17) is 20.4 Å². The van der Waals surface area contributed by atoms with E-state index in [-0.39, 0.29) is 5.97 Å². The summed E-state index contributed by atoms with van der Waals surface area (Å²) in [4.78, 5) is 29.3. The van der Waals surface area contributed by atoms with E-state index in [1.807, 2.05) is 0 Å². The molecule has 0 aromatic rings. The predicted octanol–water partition coefficient (Wildman–Crippen LogP) is -1.43. The van der Waals surface area contributed by atoms with Crippen molar-refractivity contribution in [1.29, 1.82) is 0 Å². The highest BCUT2D eigenvalue weighted by atomic mass is 16.5. The minimum Gasteiger partial charge on any atom is -0.479 e. The first-order valence-electron chi connectivity index (χ1n) is 3.83. The number of hydrogen-bond donors (Lipinski definition) is 4. The zero-order valence-electron chi connectivity index (χ0n) is 8.36. The van der Waals surface area contributed by atoms with Crippen LogP contribution in [0.1, 0.15) is 6.92 Å². The van der Waals surface area contributed by atoms with Gasteiger partial charge in [0.25, 0.3) is 0 Å². The minimum atomic E-state index is -2.27. The number of aliphatic carboxylic acids is 2. The van der Waals surface area contributed by atoms with Crippen LogP contribution in [0.5, 0.6) is 0 Å². The zero-order valence-corrected chi connectivity index (χ0v) is 8.36. The molecule has 0 amide bonds. The normalized spacial score (nSPS) is 12.4. The maximum Gasteiger partial charge on any atom is 0.335 e. The van der Waals surface area contributed by atoms with Gasteiger partial charge in [0.1, 0.15) is 0 Å². The lowest BCUT2D eigenvalue weighted by atomic mass is 10.2. The molecule has 0 saturated heterocycles. The number of rotatable bonds is 4. The van der Waals surface area contributed by atoms with Crippen LogP contribution in [-0.4, -0.2) is 50.5 Å². The number of aliphatic hydroxyl groups excluding tert-OH is 2. The second kappa shape index (κ2) is 8.38. The number of carbonyl (C=O) groups excluding carboxylic acids is 1. The van der Waals surface area contributed by atoms with Crippen LogP contribution in [0.3, 0.4) is 0 Å². The van der Waals surface area contributed by atoms with Gasteiger partial charge in [-0.15, -0.1) is 0 Å². The predicted molar refractivity (Wildman–Crippen MR) is 49.2 cm³/mol. The Morgan fingerprint density at radius 3 is 1.50 bits per heavy atom. The van der Waals surface area contributed by atoms with Crippen molar-refractivity contribution in [2.75, 3.05) is 0 Å². The monoisotopic (exact) mass is 236 g/mol.